The van der Waals surface area contributed by atoms with Gasteiger partial charge in [-0.05, 0) is 42.4 Å². The van der Waals surface area contributed by atoms with Crippen molar-refractivity contribution in [3.8, 4) is 11.5 Å². The molecule has 0 bridgehead atoms. The predicted octanol–water partition coefficient (Wildman–Crippen LogP) is 1.80. The molecule has 27 heavy (non-hydrogen) atoms. The van der Waals surface area contributed by atoms with E-state index >= 15 is 0 Å². The largest absolute Gasteiger partial charge is 0.870 e. The zero-order valence-electron chi connectivity index (χ0n) is 15.1. The monoisotopic (exact) mass is 384 g/mol. The van der Waals surface area contributed by atoms with Gasteiger partial charge in [-0.3, -0.25) is 4.79 Å². The molecule has 0 atom stereocenters. The maximum absolute atomic E-state index is 12.1. The van der Waals surface area contributed by atoms with Crippen LogP contribution >= 0.6 is 11.8 Å². The van der Waals surface area contributed by atoms with Crippen molar-refractivity contribution in [1.29, 1.82) is 0 Å². The van der Waals surface area contributed by atoms with Crippen LogP contribution in [0.1, 0.15) is 12.5 Å². The lowest BCUT2D eigenvalue weighted by molar-refractivity contribution is -0.705. The Morgan fingerprint density at radius 1 is 1.33 bits per heavy atom. The van der Waals surface area contributed by atoms with Crippen LogP contribution in [0.4, 0.5) is 0 Å². The number of aromatic amines is 1. The molecule has 140 valence electrons. The third kappa shape index (κ3) is 4.22. The van der Waals surface area contributed by atoms with Crippen molar-refractivity contribution in [3.63, 3.8) is 0 Å². The van der Waals surface area contributed by atoms with Gasteiger partial charge in [0.05, 0.1) is 25.6 Å². The summed E-state index contributed by atoms with van der Waals surface area (Å²) in [6, 6.07) is 12.9. The number of thioether (sulfide) groups is 1. The molecule has 1 aromatic heterocycles. The molecule has 0 aliphatic heterocycles. The molecule has 3 aromatic rings. The predicted molar refractivity (Wildman–Crippen MR) is 103 cm³/mol. The van der Waals surface area contributed by atoms with E-state index < -0.39 is 0 Å². The van der Waals surface area contributed by atoms with Gasteiger partial charge in [0.25, 0.3) is 5.91 Å². The molecule has 0 saturated carbocycles. The number of H-pyrrole nitrogens is 1. The maximum atomic E-state index is 12.1. The lowest BCUT2D eigenvalue weighted by atomic mass is 10.2. The van der Waals surface area contributed by atoms with Crippen LogP contribution in [-0.2, 0) is 11.3 Å². The van der Waals surface area contributed by atoms with Crippen molar-refractivity contribution < 1.29 is 19.2 Å². The van der Waals surface area contributed by atoms with E-state index in [0.717, 1.165) is 22.7 Å². The highest BCUT2D eigenvalue weighted by Gasteiger charge is 2.18. The highest BCUT2D eigenvalue weighted by atomic mass is 32.2. The fourth-order valence-electron chi connectivity index (χ4n) is 2.67. The van der Waals surface area contributed by atoms with Gasteiger partial charge in [0, 0.05) is 0 Å². The number of benzene rings is 2. The molecule has 0 radical (unpaired) electrons. The van der Waals surface area contributed by atoms with E-state index in [4.69, 9.17) is 4.74 Å². The SMILES string of the molecule is CC[n+]1c(SCC(=O)NN=Cc2cccc(OC)c2[O-])[nH]c2ccccc21. The number of hydrogen-bond acceptors (Lipinski definition) is 5. The fourth-order valence-corrected chi connectivity index (χ4v) is 3.57. The Kier molecular flexibility index (Phi) is 5.97. The zero-order valence-corrected chi connectivity index (χ0v) is 15.9. The molecule has 0 fully saturated rings. The number of hydrazone groups is 1. The number of nitrogens with zero attached hydrogens (tertiary/aromatic N) is 2. The molecule has 7 nitrogen and oxygen atoms in total. The smallest absolute Gasteiger partial charge is 0.317 e. The van der Waals surface area contributed by atoms with Gasteiger partial charge in [0.1, 0.15) is 5.75 Å². The number of rotatable bonds is 7. The average Bonchev–Trinajstić information content (AvgIpc) is 3.05. The van der Waals surface area contributed by atoms with Crippen molar-refractivity contribution in [1.82, 2.24) is 10.4 Å². The van der Waals surface area contributed by atoms with Gasteiger partial charge in [-0.1, -0.05) is 30.0 Å². The van der Waals surface area contributed by atoms with Gasteiger partial charge in [0.15, 0.2) is 11.0 Å². The average molecular weight is 384 g/mol. The maximum Gasteiger partial charge on any atom is 0.317 e. The number of methoxy groups -OCH3 is 1. The number of para-hydroxylation sites is 3. The standard InChI is InChI=1S/C19H20N4O3S/c1-3-23-15-9-5-4-8-14(15)21-19(23)27-12-17(24)22-20-11-13-7-6-10-16(26-2)18(13)25/h4-11H,3,12H2,1-2H3,(H2,20,22,24,25). The molecule has 1 amide bonds. The van der Waals surface area contributed by atoms with E-state index in [1.807, 2.05) is 24.3 Å². The minimum absolute atomic E-state index is 0.201. The molecule has 0 aliphatic carbocycles. The van der Waals surface area contributed by atoms with E-state index in [-0.39, 0.29) is 23.2 Å². The highest BCUT2D eigenvalue weighted by molar-refractivity contribution is 7.99. The number of carbonyl (C=O) groups is 1. The Hall–Kier alpha value is -3.00. The number of aromatic nitrogens is 2. The van der Waals surface area contributed by atoms with Crippen molar-refractivity contribution in [2.45, 2.75) is 18.6 Å². The summed E-state index contributed by atoms with van der Waals surface area (Å²) in [5.41, 5.74) is 4.92. The van der Waals surface area contributed by atoms with Crippen molar-refractivity contribution in [3.05, 3.63) is 48.0 Å². The summed E-state index contributed by atoms with van der Waals surface area (Å²) in [7, 11) is 1.43. The Labute approximate surface area is 161 Å². The number of carbonyl (C=O) groups excluding carboxylic acids is 1. The van der Waals surface area contributed by atoms with Gasteiger partial charge in [0.2, 0.25) is 0 Å². The number of imidazole rings is 1. The van der Waals surface area contributed by atoms with Crippen molar-refractivity contribution in [2.75, 3.05) is 12.9 Å². The van der Waals surface area contributed by atoms with E-state index in [1.54, 1.807) is 18.2 Å². The van der Waals surface area contributed by atoms with Gasteiger partial charge < -0.3 is 9.84 Å². The first-order chi connectivity index (χ1) is 13.1. The topological polar surface area (TPSA) is 93.4 Å². The van der Waals surface area contributed by atoms with E-state index in [1.165, 1.54) is 25.1 Å². The third-order valence-electron chi connectivity index (χ3n) is 3.96. The van der Waals surface area contributed by atoms with E-state index in [9.17, 15) is 9.90 Å². The second-order valence-electron chi connectivity index (χ2n) is 5.65. The summed E-state index contributed by atoms with van der Waals surface area (Å²) in [5.74, 6) is -0.0851. The third-order valence-corrected chi connectivity index (χ3v) is 4.96. The van der Waals surface area contributed by atoms with E-state index in [2.05, 4.69) is 27.0 Å². The number of nitrogens with one attached hydrogen (secondary N) is 2. The zero-order chi connectivity index (χ0) is 19.2. The van der Waals surface area contributed by atoms with Crippen LogP contribution in [-0.4, -0.2) is 30.0 Å². The van der Waals surface area contributed by atoms with E-state index in [0.29, 0.717) is 5.56 Å². The van der Waals surface area contributed by atoms with Crippen LogP contribution < -0.4 is 19.8 Å². The molecule has 0 saturated heterocycles. The number of aryl methyl sites for hydroxylation is 1. The fraction of sp³-hybridized carbons (Fsp3) is 0.211. The van der Waals surface area contributed by atoms with Crippen LogP contribution in [0.15, 0.2) is 52.7 Å². The van der Waals surface area contributed by atoms with Crippen molar-refractivity contribution in [2.24, 2.45) is 5.10 Å². The summed E-state index contributed by atoms with van der Waals surface area (Å²) in [6.07, 6.45) is 1.32. The van der Waals surface area contributed by atoms with Gasteiger partial charge in [-0.15, -0.1) is 0 Å². The Morgan fingerprint density at radius 2 is 2.15 bits per heavy atom. The lowest BCUT2D eigenvalue weighted by Gasteiger charge is -2.14. The summed E-state index contributed by atoms with van der Waals surface area (Å²) < 4.78 is 7.10. The first-order valence-electron chi connectivity index (χ1n) is 8.43. The minimum Gasteiger partial charge on any atom is -0.870 e. The summed E-state index contributed by atoms with van der Waals surface area (Å²) >= 11 is 1.40. The van der Waals surface area contributed by atoms with Gasteiger partial charge in [-0.25, -0.2) is 15.0 Å². The van der Waals surface area contributed by atoms with Crippen LogP contribution in [0, 0.1) is 0 Å². The molecule has 8 heteroatoms. The Bertz CT molecular complexity index is 984. The van der Waals surface area contributed by atoms with Crippen LogP contribution in [0.5, 0.6) is 11.5 Å². The molecular weight excluding hydrogens is 364 g/mol. The first-order valence-corrected chi connectivity index (χ1v) is 9.41. The molecule has 0 unspecified atom stereocenters. The van der Waals surface area contributed by atoms with Gasteiger partial charge in [-0.2, -0.15) is 5.10 Å². The number of fused-ring (bicyclic) bond motifs is 1. The quantitative estimate of drug-likeness (QED) is 0.281. The second kappa shape index (κ2) is 8.59. The minimum atomic E-state index is -0.269. The summed E-state index contributed by atoms with van der Waals surface area (Å²) in [6.45, 7) is 2.86. The molecular formula is C19H20N4O3S. The molecule has 0 aliphatic rings. The second-order valence-corrected chi connectivity index (χ2v) is 6.62. The first kappa shape index (κ1) is 18.8. The molecule has 1 heterocycles. The lowest BCUT2D eigenvalue weighted by Crippen LogP contribution is -2.34. The molecule has 2 aromatic carbocycles. The normalized spacial score (nSPS) is 11.2. The van der Waals surface area contributed by atoms with Gasteiger partial charge >= 0.3 is 5.16 Å². The molecule has 0 spiro atoms. The number of amides is 1. The molecule has 2 N–H and O–H groups in total. The Morgan fingerprint density at radius 3 is 2.93 bits per heavy atom. The van der Waals surface area contributed by atoms with Crippen molar-refractivity contribution >= 4 is 34.9 Å². The number of ether oxygens (including phenoxy) is 1. The number of hydrogen-bond donors (Lipinski definition) is 2. The van der Waals surface area contributed by atoms with Crippen LogP contribution in [0.3, 0.4) is 0 Å². The Balaban J connectivity index is 1.61. The highest BCUT2D eigenvalue weighted by Crippen LogP contribution is 2.25. The summed E-state index contributed by atoms with van der Waals surface area (Å²) in [5, 5.41) is 16.8. The van der Waals surface area contributed by atoms with Crippen LogP contribution in [0.2, 0.25) is 0 Å². The summed E-state index contributed by atoms with van der Waals surface area (Å²) in [4.78, 5) is 15.4. The molecule has 3 rings (SSSR count). The van der Waals surface area contributed by atoms with Crippen LogP contribution in [0.25, 0.3) is 11.0 Å².